The fraction of sp³-hybridized carbons (Fsp3) is 0.625. The van der Waals surface area contributed by atoms with Crippen molar-refractivity contribution >= 4 is 21.2 Å². The van der Waals surface area contributed by atoms with Crippen LogP contribution in [0.1, 0.15) is 5.69 Å². The van der Waals surface area contributed by atoms with Crippen LogP contribution in [0.25, 0.3) is 0 Å². The number of sulfone groups is 1. The van der Waals surface area contributed by atoms with Crippen molar-refractivity contribution in [3.63, 3.8) is 0 Å². The number of rotatable bonds is 4. The Morgan fingerprint density at radius 1 is 1.57 bits per heavy atom. The van der Waals surface area contributed by atoms with Gasteiger partial charge in [0.15, 0.2) is 9.84 Å². The molecule has 0 radical (unpaired) electrons. The van der Waals surface area contributed by atoms with Gasteiger partial charge in [-0.25, -0.2) is 13.4 Å². The second kappa shape index (κ2) is 3.96. The lowest BCUT2D eigenvalue weighted by atomic mass is 10.3. The Labute approximate surface area is 87.3 Å². The van der Waals surface area contributed by atoms with Gasteiger partial charge >= 0.3 is 0 Å². The number of nitrogens with zero attached hydrogens (tertiary/aromatic N) is 1. The molecule has 0 bridgehead atoms. The van der Waals surface area contributed by atoms with Gasteiger partial charge in [0, 0.05) is 24.4 Å². The molecule has 4 nitrogen and oxygen atoms in total. The largest absolute Gasteiger partial charge is 0.312 e. The molecule has 2 heterocycles. The lowest BCUT2D eigenvalue weighted by molar-refractivity contribution is 0.513. The molecule has 1 aromatic heterocycles. The molecule has 1 fully saturated rings. The third kappa shape index (κ3) is 2.52. The van der Waals surface area contributed by atoms with E-state index in [0.29, 0.717) is 11.5 Å². The summed E-state index contributed by atoms with van der Waals surface area (Å²) in [5.74, 6) is 0.591. The molecule has 1 saturated heterocycles. The van der Waals surface area contributed by atoms with Crippen molar-refractivity contribution in [3.05, 3.63) is 16.6 Å². The highest BCUT2D eigenvalue weighted by atomic mass is 32.2. The van der Waals surface area contributed by atoms with Gasteiger partial charge in [0.1, 0.15) is 0 Å². The topological polar surface area (TPSA) is 59.1 Å². The van der Waals surface area contributed by atoms with E-state index in [9.17, 15) is 8.42 Å². The molecule has 0 spiro atoms. The standard InChI is InChI=1S/C8H12N2O2S2/c11-14(12)4-8(5-14)9-2-1-7-3-13-6-10-7/h3,6,8-9H,1-2,4-5H2. The lowest BCUT2D eigenvalue weighted by Crippen LogP contribution is -2.51. The van der Waals surface area contributed by atoms with Crippen LogP contribution in [-0.4, -0.2) is 37.5 Å². The van der Waals surface area contributed by atoms with E-state index in [0.717, 1.165) is 18.7 Å². The Kier molecular flexibility index (Phi) is 2.85. The quantitative estimate of drug-likeness (QED) is 0.798. The Balaban J connectivity index is 1.65. The van der Waals surface area contributed by atoms with E-state index in [-0.39, 0.29) is 6.04 Å². The summed E-state index contributed by atoms with van der Waals surface area (Å²) in [6, 6.07) is 0.165. The van der Waals surface area contributed by atoms with Gasteiger partial charge in [-0.2, -0.15) is 0 Å². The number of thiazole rings is 1. The van der Waals surface area contributed by atoms with Gasteiger partial charge in [0.05, 0.1) is 22.7 Å². The Morgan fingerprint density at radius 2 is 2.36 bits per heavy atom. The normalized spacial score (nSPS) is 20.6. The van der Waals surface area contributed by atoms with Crippen molar-refractivity contribution in [3.8, 4) is 0 Å². The maximum Gasteiger partial charge on any atom is 0.153 e. The fourth-order valence-electron chi connectivity index (χ4n) is 1.45. The molecule has 0 saturated carbocycles. The molecule has 1 aromatic rings. The maximum atomic E-state index is 10.8. The van der Waals surface area contributed by atoms with Crippen LogP contribution >= 0.6 is 11.3 Å². The second-order valence-corrected chi connectivity index (χ2v) is 6.33. The number of hydrogen-bond acceptors (Lipinski definition) is 5. The number of hydrogen-bond donors (Lipinski definition) is 1. The fourth-order valence-corrected chi connectivity index (χ4v) is 3.40. The zero-order chi connectivity index (χ0) is 10.0. The molecule has 0 amide bonds. The van der Waals surface area contributed by atoms with E-state index in [1.54, 1.807) is 11.3 Å². The minimum absolute atomic E-state index is 0.165. The minimum atomic E-state index is -2.69. The molecule has 2 rings (SSSR count). The molecule has 0 atom stereocenters. The third-order valence-corrected chi connectivity index (χ3v) is 4.66. The SMILES string of the molecule is O=S1(=O)CC(NCCc2cscn2)C1. The van der Waals surface area contributed by atoms with Crippen LogP contribution in [0.15, 0.2) is 10.9 Å². The molecule has 0 aromatic carbocycles. The van der Waals surface area contributed by atoms with Gasteiger partial charge in [-0.3, -0.25) is 0 Å². The molecule has 1 N–H and O–H groups in total. The van der Waals surface area contributed by atoms with Gasteiger partial charge in [-0.1, -0.05) is 0 Å². The zero-order valence-electron chi connectivity index (χ0n) is 7.64. The first-order valence-electron chi connectivity index (χ1n) is 4.46. The predicted octanol–water partition coefficient (Wildman–Crippen LogP) is 0.0722. The van der Waals surface area contributed by atoms with E-state index in [2.05, 4.69) is 10.3 Å². The smallest absolute Gasteiger partial charge is 0.153 e. The molecular weight excluding hydrogens is 220 g/mol. The van der Waals surface area contributed by atoms with Crippen molar-refractivity contribution in [2.24, 2.45) is 0 Å². The summed E-state index contributed by atoms with van der Waals surface area (Å²) in [5.41, 5.74) is 2.88. The first kappa shape index (κ1) is 10.1. The predicted molar refractivity (Wildman–Crippen MR) is 56.3 cm³/mol. The second-order valence-electron chi connectivity index (χ2n) is 3.46. The molecule has 6 heteroatoms. The summed E-state index contributed by atoms with van der Waals surface area (Å²) in [6.07, 6.45) is 0.875. The monoisotopic (exact) mass is 232 g/mol. The van der Waals surface area contributed by atoms with Gasteiger partial charge in [0.25, 0.3) is 0 Å². The highest BCUT2D eigenvalue weighted by Gasteiger charge is 2.32. The summed E-state index contributed by atoms with van der Waals surface area (Å²) < 4.78 is 21.7. The Hall–Kier alpha value is -0.460. The Bertz CT molecular complexity index is 373. The summed E-state index contributed by atoms with van der Waals surface area (Å²) in [4.78, 5) is 4.15. The van der Waals surface area contributed by atoms with E-state index in [4.69, 9.17) is 0 Å². The summed E-state index contributed by atoms with van der Waals surface area (Å²) in [7, 11) is -2.69. The van der Waals surface area contributed by atoms with E-state index < -0.39 is 9.84 Å². The van der Waals surface area contributed by atoms with Crippen LogP contribution in [0, 0.1) is 0 Å². The van der Waals surface area contributed by atoms with Crippen LogP contribution in [-0.2, 0) is 16.3 Å². The molecular formula is C8H12N2O2S2. The van der Waals surface area contributed by atoms with Crippen LogP contribution < -0.4 is 5.32 Å². The van der Waals surface area contributed by atoms with Crippen LogP contribution in [0.4, 0.5) is 0 Å². The van der Waals surface area contributed by atoms with Crippen molar-refractivity contribution in [1.29, 1.82) is 0 Å². The molecule has 14 heavy (non-hydrogen) atoms. The maximum absolute atomic E-state index is 10.8. The average Bonchev–Trinajstić information content (AvgIpc) is 2.53. The summed E-state index contributed by atoms with van der Waals surface area (Å²) >= 11 is 1.58. The van der Waals surface area contributed by atoms with Gasteiger partial charge in [-0.05, 0) is 0 Å². The minimum Gasteiger partial charge on any atom is -0.312 e. The number of nitrogens with one attached hydrogen (secondary N) is 1. The molecule has 0 unspecified atom stereocenters. The van der Waals surface area contributed by atoms with Gasteiger partial charge in [-0.15, -0.1) is 11.3 Å². The third-order valence-electron chi connectivity index (χ3n) is 2.21. The van der Waals surface area contributed by atoms with Crippen LogP contribution in [0.5, 0.6) is 0 Å². The van der Waals surface area contributed by atoms with Crippen LogP contribution in [0.2, 0.25) is 0 Å². The highest BCUT2D eigenvalue weighted by molar-refractivity contribution is 7.92. The van der Waals surface area contributed by atoms with E-state index in [1.165, 1.54) is 0 Å². The first-order valence-corrected chi connectivity index (χ1v) is 7.23. The Morgan fingerprint density at radius 3 is 2.93 bits per heavy atom. The lowest BCUT2D eigenvalue weighted by Gasteiger charge is -2.26. The van der Waals surface area contributed by atoms with E-state index >= 15 is 0 Å². The summed E-state index contributed by atoms with van der Waals surface area (Å²) in [6.45, 7) is 0.809. The first-order chi connectivity index (χ1) is 6.66. The molecule has 78 valence electrons. The van der Waals surface area contributed by atoms with Gasteiger partial charge in [0.2, 0.25) is 0 Å². The summed E-state index contributed by atoms with van der Waals surface area (Å²) in [5, 5.41) is 5.21. The number of aromatic nitrogens is 1. The average molecular weight is 232 g/mol. The van der Waals surface area contributed by atoms with Crippen molar-refractivity contribution in [1.82, 2.24) is 10.3 Å². The highest BCUT2D eigenvalue weighted by Crippen LogP contribution is 2.10. The zero-order valence-corrected chi connectivity index (χ0v) is 9.27. The molecule has 1 aliphatic rings. The van der Waals surface area contributed by atoms with Gasteiger partial charge < -0.3 is 5.32 Å². The van der Waals surface area contributed by atoms with E-state index in [1.807, 2.05) is 10.9 Å². The van der Waals surface area contributed by atoms with Crippen LogP contribution in [0.3, 0.4) is 0 Å². The molecule has 1 aliphatic heterocycles. The molecule has 0 aliphatic carbocycles. The van der Waals surface area contributed by atoms with Crippen molar-refractivity contribution in [2.75, 3.05) is 18.1 Å². The van der Waals surface area contributed by atoms with Crippen molar-refractivity contribution in [2.45, 2.75) is 12.5 Å². The van der Waals surface area contributed by atoms with Crippen molar-refractivity contribution < 1.29 is 8.42 Å².